The Morgan fingerprint density at radius 3 is 2.85 bits per heavy atom. The predicted molar refractivity (Wildman–Crippen MR) is 107 cm³/mol. The third-order valence-electron chi connectivity index (χ3n) is 5.37. The summed E-state index contributed by atoms with van der Waals surface area (Å²) >= 11 is 1.64. The number of rotatable bonds is 3. The van der Waals surface area contributed by atoms with Crippen LogP contribution in [0, 0.1) is 6.92 Å². The average molecular weight is 371 g/mol. The second kappa shape index (κ2) is 7.76. The van der Waals surface area contributed by atoms with E-state index in [4.69, 9.17) is 0 Å². The Hall–Kier alpha value is -1.92. The second-order valence-electron chi connectivity index (χ2n) is 7.25. The smallest absolute Gasteiger partial charge is 0.321 e. The van der Waals surface area contributed by atoms with Crippen LogP contribution in [0.25, 0.3) is 11.3 Å². The Kier molecular flexibility index (Phi) is 5.22. The highest BCUT2D eigenvalue weighted by molar-refractivity contribution is 7.09. The standard InChI is InChI=1S/C20H26N4OS/c1-15-21-19(14-26-15)16-6-4-7-17(12-16)22-20(25)24-11-5-8-18(13-24)23-9-2-3-10-23/h4,6-7,12,14,18H,2-3,5,8-11,13H2,1H3,(H,22,25). The first-order valence-electron chi connectivity index (χ1n) is 9.51. The molecule has 3 heterocycles. The highest BCUT2D eigenvalue weighted by atomic mass is 32.1. The Balaban J connectivity index is 1.41. The van der Waals surface area contributed by atoms with E-state index in [1.54, 1.807) is 11.3 Å². The highest BCUT2D eigenvalue weighted by Crippen LogP contribution is 2.25. The van der Waals surface area contributed by atoms with Crippen molar-refractivity contribution in [3.05, 3.63) is 34.7 Å². The summed E-state index contributed by atoms with van der Waals surface area (Å²) in [7, 11) is 0. The van der Waals surface area contributed by atoms with Crippen molar-refractivity contribution < 1.29 is 4.79 Å². The summed E-state index contributed by atoms with van der Waals surface area (Å²) in [6, 6.07) is 8.51. The number of nitrogens with zero attached hydrogens (tertiary/aromatic N) is 3. The Bertz CT molecular complexity index is 769. The zero-order valence-electron chi connectivity index (χ0n) is 15.3. The van der Waals surface area contributed by atoms with E-state index in [9.17, 15) is 4.79 Å². The molecule has 0 radical (unpaired) electrons. The largest absolute Gasteiger partial charge is 0.323 e. The molecule has 4 rings (SSSR count). The Labute approximate surface area is 159 Å². The summed E-state index contributed by atoms with van der Waals surface area (Å²) in [5.41, 5.74) is 2.85. The minimum absolute atomic E-state index is 0.0144. The molecule has 2 aliphatic rings. The summed E-state index contributed by atoms with van der Waals surface area (Å²) in [5.74, 6) is 0. The summed E-state index contributed by atoms with van der Waals surface area (Å²) < 4.78 is 0. The summed E-state index contributed by atoms with van der Waals surface area (Å²) in [6.45, 7) is 6.08. The molecule has 2 aromatic rings. The number of amides is 2. The van der Waals surface area contributed by atoms with E-state index >= 15 is 0 Å². The van der Waals surface area contributed by atoms with Crippen molar-refractivity contribution in [1.29, 1.82) is 0 Å². The number of piperidine rings is 1. The number of anilines is 1. The van der Waals surface area contributed by atoms with Crippen LogP contribution in [0.2, 0.25) is 0 Å². The summed E-state index contributed by atoms with van der Waals surface area (Å²) in [4.78, 5) is 21.8. The number of carbonyl (C=O) groups excluding carboxylic acids is 1. The van der Waals surface area contributed by atoms with Gasteiger partial charge in [-0.1, -0.05) is 12.1 Å². The first kappa shape index (κ1) is 17.5. The van der Waals surface area contributed by atoms with Gasteiger partial charge in [0.25, 0.3) is 0 Å². The van der Waals surface area contributed by atoms with Crippen LogP contribution < -0.4 is 5.32 Å². The van der Waals surface area contributed by atoms with Crippen LogP contribution in [0.4, 0.5) is 10.5 Å². The summed E-state index contributed by atoms with van der Waals surface area (Å²) in [6.07, 6.45) is 4.90. The SMILES string of the molecule is Cc1nc(-c2cccc(NC(=O)N3CCCC(N4CCCC4)C3)c2)cs1. The zero-order valence-corrected chi connectivity index (χ0v) is 16.1. The van der Waals surface area contributed by atoms with Gasteiger partial charge in [-0.15, -0.1) is 11.3 Å². The first-order valence-corrected chi connectivity index (χ1v) is 10.4. The highest BCUT2D eigenvalue weighted by Gasteiger charge is 2.29. The van der Waals surface area contributed by atoms with Crippen molar-refractivity contribution in [3.8, 4) is 11.3 Å². The quantitative estimate of drug-likeness (QED) is 0.880. The van der Waals surface area contributed by atoms with Crippen molar-refractivity contribution in [2.75, 3.05) is 31.5 Å². The molecule has 1 atom stereocenters. The number of hydrogen-bond donors (Lipinski definition) is 1. The molecule has 0 bridgehead atoms. The van der Waals surface area contributed by atoms with E-state index in [0.717, 1.165) is 41.5 Å². The van der Waals surface area contributed by atoms with Gasteiger partial charge in [-0.25, -0.2) is 9.78 Å². The van der Waals surface area contributed by atoms with Crippen molar-refractivity contribution in [1.82, 2.24) is 14.8 Å². The third-order valence-corrected chi connectivity index (χ3v) is 6.14. The van der Waals surface area contributed by atoms with Gasteiger partial charge in [-0.05, 0) is 57.8 Å². The summed E-state index contributed by atoms with van der Waals surface area (Å²) in [5, 5.41) is 6.19. The van der Waals surface area contributed by atoms with E-state index < -0.39 is 0 Å². The lowest BCUT2D eigenvalue weighted by Crippen LogP contribution is -2.50. The minimum atomic E-state index is 0.0144. The molecule has 2 saturated heterocycles. The van der Waals surface area contributed by atoms with Gasteiger partial charge in [0.2, 0.25) is 0 Å². The number of urea groups is 1. The fraction of sp³-hybridized carbons (Fsp3) is 0.500. The molecule has 0 spiro atoms. The van der Waals surface area contributed by atoms with E-state index in [0.29, 0.717) is 6.04 Å². The maximum atomic E-state index is 12.8. The normalized spacial score (nSPS) is 21.1. The van der Waals surface area contributed by atoms with Gasteiger partial charge in [0.15, 0.2) is 0 Å². The Morgan fingerprint density at radius 2 is 2.08 bits per heavy atom. The molecule has 2 aliphatic heterocycles. The number of carbonyl (C=O) groups is 1. The lowest BCUT2D eigenvalue weighted by molar-refractivity contribution is 0.132. The Morgan fingerprint density at radius 1 is 1.23 bits per heavy atom. The molecule has 1 unspecified atom stereocenters. The lowest BCUT2D eigenvalue weighted by atomic mass is 10.0. The molecule has 0 aliphatic carbocycles. The van der Waals surface area contributed by atoms with Crippen LogP contribution >= 0.6 is 11.3 Å². The molecular formula is C20H26N4OS. The van der Waals surface area contributed by atoms with Gasteiger partial charge in [0.1, 0.15) is 0 Å². The molecule has 2 amide bonds. The number of benzene rings is 1. The second-order valence-corrected chi connectivity index (χ2v) is 8.31. The van der Waals surface area contributed by atoms with Crippen LogP contribution in [0.3, 0.4) is 0 Å². The van der Waals surface area contributed by atoms with Crippen LogP contribution in [-0.4, -0.2) is 53.0 Å². The molecule has 0 saturated carbocycles. The van der Waals surface area contributed by atoms with Gasteiger partial charge < -0.3 is 10.2 Å². The van der Waals surface area contributed by atoms with Crippen LogP contribution in [0.15, 0.2) is 29.6 Å². The number of aryl methyl sites for hydroxylation is 1. The monoisotopic (exact) mass is 370 g/mol. The van der Waals surface area contributed by atoms with Crippen molar-refractivity contribution in [2.24, 2.45) is 0 Å². The van der Waals surface area contributed by atoms with E-state index in [1.807, 2.05) is 36.1 Å². The topological polar surface area (TPSA) is 48.5 Å². The molecular weight excluding hydrogens is 344 g/mol. The molecule has 26 heavy (non-hydrogen) atoms. The van der Waals surface area contributed by atoms with Crippen molar-refractivity contribution >= 4 is 23.1 Å². The molecule has 2 fully saturated rings. The van der Waals surface area contributed by atoms with Crippen LogP contribution in [0.1, 0.15) is 30.7 Å². The number of thiazole rings is 1. The molecule has 138 valence electrons. The van der Waals surface area contributed by atoms with Gasteiger partial charge in [0, 0.05) is 35.8 Å². The van der Waals surface area contributed by atoms with E-state index in [-0.39, 0.29) is 6.03 Å². The third kappa shape index (κ3) is 3.91. The van der Waals surface area contributed by atoms with E-state index in [2.05, 4.69) is 20.6 Å². The first-order chi connectivity index (χ1) is 12.7. The number of hydrogen-bond acceptors (Lipinski definition) is 4. The van der Waals surface area contributed by atoms with Crippen molar-refractivity contribution in [2.45, 2.75) is 38.6 Å². The molecule has 5 nitrogen and oxygen atoms in total. The fourth-order valence-electron chi connectivity index (χ4n) is 4.00. The molecule has 6 heteroatoms. The minimum Gasteiger partial charge on any atom is -0.323 e. The molecule has 1 N–H and O–H groups in total. The lowest BCUT2D eigenvalue weighted by Gasteiger charge is -2.37. The molecule has 1 aromatic heterocycles. The van der Waals surface area contributed by atoms with E-state index in [1.165, 1.54) is 32.4 Å². The van der Waals surface area contributed by atoms with Gasteiger partial charge in [-0.3, -0.25) is 4.90 Å². The predicted octanol–water partition coefficient (Wildman–Crippen LogP) is 4.21. The van der Waals surface area contributed by atoms with Gasteiger partial charge >= 0.3 is 6.03 Å². The fourth-order valence-corrected chi connectivity index (χ4v) is 4.62. The maximum Gasteiger partial charge on any atom is 0.321 e. The number of likely N-dealkylation sites (tertiary alicyclic amines) is 2. The van der Waals surface area contributed by atoms with Gasteiger partial charge in [0.05, 0.1) is 10.7 Å². The van der Waals surface area contributed by atoms with Crippen LogP contribution in [-0.2, 0) is 0 Å². The maximum absolute atomic E-state index is 12.8. The average Bonchev–Trinajstić information content (AvgIpc) is 3.34. The number of aromatic nitrogens is 1. The van der Waals surface area contributed by atoms with Crippen LogP contribution in [0.5, 0.6) is 0 Å². The molecule has 1 aromatic carbocycles. The zero-order chi connectivity index (χ0) is 17.9. The van der Waals surface area contributed by atoms with Crippen molar-refractivity contribution in [3.63, 3.8) is 0 Å². The van der Waals surface area contributed by atoms with Gasteiger partial charge in [-0.2, -0.15) is 0 Å². The number of nitrogens with one attached hydrogen (secondary N) is 1.